The van der Waals surface area contributed by atoms with Gasteiger partial charge in [0, 0.05) is 19.3 Å². The summed E-state index contributed by atoms with van der Waals surface area (Å²) in [5.74, 6) is 1.08. The Bertz CT molecular complexity index is 804. The van der Waals surface area contributed by atoms with Gasteiger partial charge in [-0.05, 0) is 25.7 Å². The van der Waals surface area contributed by atoms with Crippen molar-refractivity contribution in [3.63, 3.8) is 0 Å². The predicted molar refractivity (Wildman–Crippen MR) is 90.6 cm³/mol. The Balaban J connectivity index is 1.93. The second kappa shape index (κ2) is 6.65. The number of hydrogen-bond acceptors (Lipinski definition) is 6. The van der Waals surface area contributed by atoms with Gasteiger partial charge in [0.05, 0.1) is 7.11 Å². The summed E-state index contributed by atoms with van der Waals surface area (Å²) in [6.07, 6.45) is -1.94. The second-order valence-corrected chi connectivity index (χ2v) is 6.47. The molecule has 2 heterocycles. The molecule has 1 aliphatic rings. The highest BCUT2D eigenvalue weighted by atomic mass is 19.4. The van der Waals surface area contributed by atoms with Gasteiger partial charge in [0.15, 0.2) is 11.6 Å². The largest absolute Gasteiger partial charge is 0.491 e. The SMILES string of the molecule is COc1c(C)nn(C)c1Nc1ncc(C(F)(F)F)c(N[C@@H]2CC[C@@H]2C)n1. The highest BCUT2D eigenvalue weighted by molar-refractivity contribution is 5.61. The smallest absolute Gasteiger partial charge is 0.421 e. The van der Waals surface area contributed by atoms with Gasteiger partial charge in [-0.15, -0.1) is 0 Å². The van der Waals surface area contributed by atoms with E-state index < -0.39 is 11.7 Å². The second-order valence-electron chi connectivity index (χ2n) is 6.47. The fourth-order valence-corrected chi connectivity index (χ4v) is 2.94. The number of hydrogen-bond donors (Lipinski definition) is 2. The zero-order chi connectivity index (χ0) is 19.1. The summed E-state index contributed by atoms with van der Waals surface area (Å²) >= 11 is 0. The molecule has 0 radical (unpaired) electrons. The molecule has 2 aromatic rings. The zero-order valence-electron chi connectivity index (χ0n) is 15.0. The molecule has 1 saturated carbocycles. The van der Waals surface area contributed by atoms with Gasteiger partial charge in [0.1, 0.15) is 17.1 Å². The number of nitrogens with zero attached hydrogens (tertiary/aromatic N) is 4. The minimum absolute atomic E-state index is 0.0210. The van der Waals surface area contributed by atoms with Crippen LogP contribution in [-0.2, 0) is 13.2 Å². The lowest BCUT2D eigenvalue weighted by molar-refractivity contribution is -0.137. The number of nitrogens with one attached hydrogen (secondary N) is 2. The number of anilines is 3. The number of ether oxygens (including phenoxy) is 1. The van der Waals surface area contributed by atoms with Gasteiger partial charge in [-0.2, -0.15) is 23.3 Å². The van der Waals surface area contributed by atoms with Crippen LogP contribution in [0.1, 0.15) is 31.0 Å². The average Bonchev–Trinajstić information content (AvgIpc) is 2.83. The molecule has 3 rings (SSSR count). The fourth-order valence-electron chi connectivity index (χ4n) is 2.94. The minimum Gasteiger partial charge on any atom is -0.491 e. The number of aryl methyl sites for hydroxylation is 2. The van der Waals surface area contributed by atoms with Gasteiger partial charge in [-0.3, -0.25) is 0 Å². The van der Waals surface area contributed by atoms with Crippen LogP contribution in [0.5, 0.6) is 5.75 Å². The number of rotatable bonds is 5. The molecule has 0 amide bonds. The minimum atomic E-state index is -4.53. The van der Waals surface area contributed by atoms with Gasteiger partial charge in [0.2, 0.25) is 5.95 Å². The predicted octanol–water partition coefficient (Wildman–Crippen LogP) is 3.50. The van der Waals surface area contributed by atoms with Crippen molar-refractivity contribution in [3.05, 3.63) is 17.5 Å². The molecule has 142 valence electrons. The van der Waals surface area contributed by atoms with Crippen molar-refractivity contribution in [1.82, 2.24) is 19.7 Å². The highest BCUT2D eigenvalue weighted by Gasteiger charge is 2.37. The van der Waals surface area contributed by atoms with E-state index in [1.54, 1.807) is 14.0 Å². The van der Waals surface area contributed by atoms with E-state index in [1.165, 1.54) is 11.8 Å². The van der Waals surface area contributed by atoms with E-state index in [4.69, 9.17) is 4.74 Å². The summed E-state index contributed by atoms with van der Waals surface area (Å²) in [6, 6.07) is -0.0210. The number of halogens is 3. The maximum atomic E-state index is 13.3. The lowest BCUT2D eigenvalue weighted by Crippen LogP contribution is -2.37. The van der Waals surface area contributed by atoms with Crippen molar-refractivity contribution in [2.75, 3.05) is 17.7 Å². The van der Waals surface area contributed by atoms with Gasteiger partial charge in [0.25, 0.3) is 0 Å². The van der Waals surface area contributed by atoms with E-state index >= 15 is 0 Å². The Kier molecular flexibility index (Phi) is 4.68. The monoisotopic (exact) mass is 370 g/mol. The molecule has 1 aliphatic carbocycles. The van der Waals surface area contributed by atoms with Crippen LogP contribution in [0.3, 0.4) is 0 Å². The maximum absolute atomic E-state index is 13.3. The molecule has 0 unspecified atom stereocenters. The summed E-state index contributed by atoms with van der Waals surface area (Å²) in [7, 11) is 3.19. The molecule has 26 heavy (non-hydrogen) atoms. The quantitative estimate of drug-likeness (QED) is 0.839. The Morgan fingerprint density at radius 3 is 2.58 bits per heavy atom. The molecule has 10 heteroatoms. The van der Waals surface area contributed by atoms with Crippen molar-refractivity contribution in [3.8, 4) is 5.75 Å². The summed E-state index contributed by atoms with van der Waals surface area (Å²) < 4.78 is 46.7. The molecule has 2 atom stereocenters. The van der Waals surface area contributed by atoms with Gasteiger partial charge < -0.3 is 15.4 Å². The molecule has 7 nitrogen and oxygen atoms in total. The van der Waals surface area contributed by atoms with Crippen LogP contribution in [0.15, 0.2) is 6.20 Å². The van der Waals surface area contributed by atoms with Crippen LogP contribution in [0.25, 0.3) is 0 Å². The van der Waals surface area contributed by atoms with Crippen molar-refractivity contribution in [2.45, 2.75) is 38.9 Å². The third-order valence-electron chi connectivity index (χ3n) is 4.64. The molecular weight excluding hydrogens is 349 g/mol. The molecule has 0 saturated heterocycles. The van der Waals surface area contributed by atoms with E-state index in [0.717, 1.165) is 19.0 Å². The number of aromatic nitrogens is 4. The first-order chi connectivity index (χ1) is 12.2. The van der Waals surface area contributed by atoms with Crippen LogP contribution in [0, 0.1) is 12.8 Å². The molecule has 2 N–H and O–H groups in total. The number of methoxy groups -OCH3 is 1. The fraction of sp³-hybridized carbons (Fsp3) is 0.562. The van der Waals surface area contributed by atoms with Gasteiger partial charge >= 0.3 is 6.18 Å². The Hall–Kier alpha value is -2.52. The van der Waals surface area contributed by atoms with Crippen LogP contribution >= 0.6 is 0 Å². The van der Waals surface area contributed by atoms with Crippen molar-refractivity contribution < 1.29 is 17.9 Å². The van der Waals surface area contributed by atoms with E-state index in [9.17, 15) is 13.2 Å². The standard InChI is InChI=1S/C16H21F3N6O/c1-8-5-6-11(8)21-13-10(16(17,18)19)7-20-15(22-13)23-14-12(26-4)9(2)24-25(14)3/h7-8,11H,5-6H2,1-4H3,(H2,20,21,22,23)/t8-,11+/m0/s1. The van der Waals surface area contributed by atoms with E-state index in [2.05, 4.69) is 25.7 Å². The van der Waals surface area contributed by atoms with Gasteiger partial charge in [-0.25, -0.2) is 9.67 Å². The Labute approximate surface area is 149 Å². The maximum Gasteiger partial charge on any atom is 0.421 e. The summed E-state index contributed by atoms with van der Waals surface area (Å²) in [5, 5.41) is 10.0. The van der Waals surface area contributed by atoms with Crippen molar-refractivity contribution >= 4 is 17.6 Å². The molecular formula is C16H21F3N6O. The molecule has 2 aromatic heterocycles. The molecule has 0 aromatic carbocycles. The average molecular weight is 370 g/mol. The van der Waals surface area contributed by atoms with Crippen LogP contribution in [-0.4, -0.2) is 32.9 Å². The normalized spacial score (nSPS) is 19.8. The number of alkyl halides is 3. The first-order valence-corrected chi connectivity index (χ1v) is 8.26. The summed E-state index contributed by atoms with van der Waals surface area (Å²) in [4.78, 5) is 7.88. The van der Waals surface area contributed by atoms with Crippen molar-refractivity contribution in [1.29, 1.82) is 0 Å². The van der Waals surface area contributed by atoms with Crippen LogP contribution in [0.4, 0.5) is 30.8 Å². The Morgan fingerprint density at radius 1 is 1.31 bits per heavy atom. The molecule has 1 fully saturated rings. The lowest BCUT2D eigenvalue weighted by Gasteiger charge is -2.35. The molecule has 0 bridgehead atoms. The third-order valence-corrected chi connectivity index (χ3v) is 4.64. The van der Waals surface area contributed by atoms with Crippen molar-refractivity contribution in [2.24, 2.45) is 13.0 Å². The highest BCUT2D eigenvalue weighted by Crippen LogP contribution is 2.37. The summed E-state index contributed by atoms with van der Waals surface area (Å²) in [6.45, 7) is 3.76. The first kappa shape index (κ1) is 18.3. The van der Waals surface area contributed by atoms with Crippen LogP contribution in [0.2, 0.25) is 0 Å². The lowest BCUT2D eigenvalue weighted by atomic mass is 9.81. The van der Waals surface area contributed by atoms with Crippen LogP contribution < -0.4 is 15.4 Å². The van der Waals surface area contributed by atoms with E-state index in [1.807, 2.05) is 6.92 Å². The third kappa shape index (κ3) is 3.40. The molecule has 0 spiro atoms. The van der Waals surface area contributed by atoms with E-state index in [0.29, 0.717) is 23.2 Å². The first-order valence-electron chi connectivity index (χ1n) is 8.26. The van der Waals surface area contributed by atoms with Gasteiger partial charge in [-0.1, -0.05) is 6.92 Å². The molecule has 0 aliphatic heterocycles. The topological polar surface area (TPSA) is 76.9 Å². The Morgan fingerprint density at radius 2 is 2.04 bits per heavy atom. The zero-order valence-corrected chi connectivity index (χ0v) is 15.0. The van der Waals surface area contributed by atoms with E-state index in [-0.39, 0.29) is 17.8 Å². The summed E-state index contributed by atoms with van der Waals surface area (Å²) in [5.41, 5.74) is -0.235.